The predicted molar refractivity (Wildman–Crippen MR) is 142 cm³/mol. The summed E-state index contributed by atoms with van der Waals surface area (Å²) in [5, 5.41) is 8.07. The van der Waals surface area contributed by atoms with Crippen molar-refractivity contribution in [1.82, 2.24) is 24.7 Å². The molecule has 1 saturated heterocycles. The number of pyridine rings is 1. The molecule has 1 aliphatic heterocycles. The van der Waals surface area contributed by atoms with Crippen LogP contribution in [0.5, 0.6) is 0 Å². The van der Waals surface area contributed by atoms with Gasteiger partial charge >= 0.3 is 5.91 Å². The molecular formula is C28H30N7O+. The minimum Gasteiger partial charge on any atom is -0.346 e. The zero-order valence-corrected chi connectivity index (χ0v) is 20.7. The monoisotopic (exact) mass is 480 g/mol. The molecule has 0 bridgehead atoms. The number of hydrogen-bond acceptors (Lipinski definition) is 5. The Kier molecular flexibility index (Phi) is 7.09. The second-order valence-corrected chi connectivity index (χ2v) is 9.00. The van der Waals surface area contributed by atoms with Gasteiger partial charge < -0.3 is 9.88 Å². The highest BCUT2D eigenvalue weighted by atomic mass is 16.1. The summed E-state index contributed by atoms with van der Waals surface area (Å²) in [5.74, 6) is -0.415. The standard InChI is InChI=1S/C28H29N7O/c1-3-34-12-14-35(15-13-34)19-20-4-6-21(7-5-20)24-16-25-26(18-31-27(25)30-17-24)22-8-10-23(11-9-22)28(36)32-33-29-2/h4-11,16-18H,3,12-15,19H2,1-2H3/p+1. The first-order chi connectivity index (χ1) is 17.6. The molecule has 1 amide bonds. The van der Waals surface area contributed by atoms with E-state index < -0.39 is 5.91 Å². The quantitative estimate of drug-likeness (QED) is 0.318. The second-order valence-electron chi connectivity index (χ2n) is 9.00. The first-order valence-corrected chi connectivity index (χ1v) is 12.3. The van der Waals surface area contributed by atoms with E-state index in [1.165, 1.54) is 12.6 Å². The molecule has 0 saturated carbocycles. The molecule has 3 heterocycles. The molecule has 5 rings (SSSR count). The summed E-state index contributed by atoms with van der Waals surface area (Å²) in [6.45, 7) is 8.91. The van der Waals surface area contributed by atoms with Crippen LogP contribution in [0.3, 0.4) is 0 Å². The zero-order valence-electron chi connectivity index (χ0n) is 20.7. The number of carbonyl (C=O) groups is 1. The van der Waals surface area contributed by atoms with E-state index in [1.807, 2.05) is 24.5 Å². The van der Waals surface area contributed by atoms with Crippen LogP contribution in [0.25, 0.3) is 33.3 Å². The number of nitrogens with zero attached hydrogens (tertiary/aromatic N) is 6. The third-order valence-electron chi connectivity index (χ3n) is 6.80. The predicted octanol–water partition coefficient (Wildman–Crippen LogP) is 4.78. The van der Waals surface area contributed by atoms with Crippen molar-refractivity contribution in [2.45, 2.75) is 13.5 Å². The molecule has 2 aromatic carbocycles. The topological polar surface area (TPSA) is 91.0 Å². The van der Waals surface area contributed by atoms with Gasteiger partial charge in [0.15, 0.2) is 0 Å². The molecule has 0 atom stereocenters. The molecule has 4 aromatic rings. The highest BCUT2D eigenvalue weighted by Crippen LogP contribution is 2.31. The maximum Gasteiger partial charge on any atom is 0.360 e. The normalized spacial score (nSPS) is 14.5. The van der Waals surface area contributed by atoms with Crippen LogP contribution in [-0.2, 0) is 6.54 Å². The highest BCUT2D eigenvalue weighted by Gasteiger charge is 2.16. The van der Waals surface area contributed by atoms with Crippen LogP contribution in [-0.4, -0.2) is 65.4 Å². The molecule has 8 nitrogen and oxygen atoms in total. The molecule has 1 fully saturated rings. The van der Waals surface area contributed by atoms with Gasteiger partial charge in [0.1, 0.15) is 17.8 Å². The van der Waals surface area contributed by atoms with Crippen LogP contribution in [0.1, 0.15) is 22.8 Å². The Labute approximate surface area is 210 Å². The number of fused-ring (bicyclic) bond motifs is 1. The molecule has 182 valence electrons. The van der Waals surface area contributed by atoms with E-state index in [4.69, 9.17) is 0 Å². The average Bonchev–Trinajstić information content (AvgIpc) is 3.36. The van der Waals surface area contributed by atoms with Crippen LogP contribution >= 0.6 is 0 Å². The number of benzene rings is 2. The lowest BCUT2D eigenvalue weighted by atomic mass is 10.0. The smallest absolute Gasteiger partial charge is 0.346 e. The van der Waals surface area contributed by atoms with E-state index in [0.717, 1.165) is 72.6 Å². The molecule has 1 N–H and O–H groups in total. The number of nitrogens with one attached hydrogen (secondary N) is 1. The summed E-state index contributed by atoms with van der Waals surface area (Å²) in [5.41, 5.74) is 6.87. The van der Waals surface area contributed by atoms with Crippen molar-refractivity contribution >= 4 is 16.9 Å². The lowest BCUT2D eigenvalue weighted by Gasteiger charge is -2.34. The fraction of sp³-hybridized carbons (Fsp3) is 0.286. The Hall–Kier alpha value is -3.97. The third-order valence-corrected chi connectivity index (χ3v) is 6.80. The van der Waals surface area contributed by atoms with Crippen LogP contribution in [0.15, 0.2) is 77.2 Å². The minimum atomic E-state index is -0.415. The molecular weight excluding hydrogens is 450 g/mol. The molecule has 0 aliphatic carbocycles. The zero-order chi connectivity index (χ0) is 24.9. The van der Waals surface area contributed by atoms with Gasteiger partial charge in [0.2, 0.25) is 10.0 Å². The van der Waals surface area contributed by atoms with Gasteiger partial charge in [0.25, 0.3) is 0 Å². The average molecular weight is 481 g/mol. The van der Waals surface area contributed by atoms with Gasteiger partial charge in [-0.05, 0) is 41.4 Å². The van der Waals surface area contributed by atoms with Crippen LogP contribution < -0.4 is 4.91 Å². The first-order valence-electron chi connectivity index (χ1n) is 12.3. The Morgan fingerprint density at radius 1 is 0.972 bits per heavy atom. The Morgan fingerprint density at radius 3 is 2.36 bits per heavy atom. The molecule has 1 aliphatic rings. The van der Waals surface area contributed by atoms with Gasteiger partial charge in [0, 0.05) is 67.2 Å². The van der Waals surface area contributed by atoms with Crippen LogP contribution in [0, 0.1) is 0 Å². The maximum atomic E-state index is 12.0. The van der Waals surface area contributed by atoms with E-state index in [0.29, 0.717) is 5.56 Å². The SMILES string of the molecule is CCN1CCN(Cc2ccc(-c3cnc4[nH]cc(-c5ccc(C(=O)N=[N+]=NC)cc5)c4c3)cc2)CC1. The number of hydrogen-bond donors (Lipinski definition) is 1. The summed E-state index contributed by atoms with van der Waals surface area (Å²) < 4.78 is 0. The summed E-state index contributed by atoms with van der Waals surface area (Å²) >= 11 is 0. The van der Waals surface area contributed by atoms with Gasteiger partial charge in [-0.15, -0.1) is 0 Å². The summed E-state index contributed by atoms with van der Waals surface area (Å²) in [6, 6.07) is 18.3. The lowest BCUT2D eigenvalue weighted by Crippen LogP contribution is -2.45. The number of amides is 1. The van der Waals surface area contributed by atoms with Gasteiger partial charge in [-0.3, -0.25) is 9.69 Å². The van der Waals surface area contributed by atoms with Crippen molar-refractivity contribution < 1.29 is 4.79 Å². The largest absolute Gasteiger partial charge is 0.360 e. The van der Waals surface area contributed by atoms with Crippen molar-refractivity contribution in [3.8, 4) is 22.3 Å². The summed E-state index contributed by atoms with van der Waals surface area (Å²) in [7, 11) is 1.48. The van der Waals surface area contributed by atoms with Gasteiger partial charge in [-0.25, -0.2) is 4.98 Å². The molecule has 8 heteroatoms. The van der Waals surface area contributed by atoms with E-state index in [-0.39, 0.29) is 0 Å². The number of H-pyrrole nitrogens is 1. The first kappa shape index (κ1) is 23.8. The van der Waals surface area contributed by atoms with Crippen LogP contribution in [0.2, 0.25) is 0 Å². The van der Waals surface area contributed by atoms with E-state index in [9.17, 15) is 4.79 Å². The number of aromatic amines is 1. The fourth-order valence-corrected chi connectivity index (χ4v) is 4.66. The number of piperazine rings is 1. The third kappa shape index (κ3) is 5.16. The minimum absolute atomic E-state index is 0.415. The van der Waals surface area contributed by atoms with Crippen molar-refractivity contribution in [2.75, 3.05) is 39.8 Å². The van der Waals surface area contributed by atoms with Gasteiger partial charge in [0.05, 0.1) is 0 Å². The Balaban J connectivity index is 1.34. The fourth-order valence-electron chi connectivity index (χ4n) is 4.66. The number of rotatable bonds is 6. The van der Waals surface area contributed by atoms with Gasteiger partial charge in [-0.1, -0.05) is 43.3 Å². The number of aromatic nitrogens is 2. The van der Waals surface area contributed by atoms with Gasteiger partial charge in [-0.2, -0.15) is 0 Å². The summed E-state index contributed by atoms with van der Waals surface area (Å²) in [6.07, 6.45) is 3.86. The van der Waals surface area contributed by atoms with Crippen molar-refractivity contribution in [1.29, 1.82) is 0 Å². The highest BCUT2D eigenvalue weighted by molar-refractivity contribution is 5.98. The van der Waals surface area contributed by atoms with Crippen molar-refractivity contribution in [3.05, 3.63) is 78.1 Å². The molecule has 0 unspecified atom stereocenters. The van der Waals surface area contributed by atoms with Crippen molar-refractivity contribution in [2.24, 2.45) is 10.2 Å². The van der Waals surface area contributed by atoms with E-state index >= 15 is 0 Å². The summed E-state index contributed by atoms with van der Waals surface area (Å²) in [4.78, 5) is 28.4. The second kappa shape index (κ2) is 10.7. The van der Waals surface area contributed by atoms with Crippen molar-refractivity contribution in [3.63, 3.8) is 0 Å². The number of likely N-dealkylation sites (N-methyl/N-ethyl adjacent to an activating group) is 1. The molecule has 0 radical (unpaired) electrons. The number of carbonyl (C=O) groups excluding carboxylic acids is 1. The molecule has 36 heavy (non-hydrogen) atoms. The van der Waals surface area contributed by atoms with E-state index in [2.05, 4.69) is 72.2 Å². The molecule has 2 aromatic heterocycles. The maximum absolute atomic E-state index is 12.0. The Morgan fingerprint density at radius 2 is 1.67 bits per heavy atom. The molecule has 0 spiro atoms. The Bertz CT molecular complexity index is 1410. The van der Waals surface area contributed by atoms with E-state index in [1.54, 1.807) is 12.1 Å². The van der Waals surface area contributed by atoms with Crippen LogP contribution in [0.4, 0.5) is 0 Å². The lowest BCUT2D eigenvalue weighted by molar-refractivity contribution is 0.0992.